The van der Waals surface area contributed by atoms with Gasteiger partial charge in [-0.3, -0.25) is 4.79 Å². The van der Waals surface area contributed by atoms with Crippen LogP contribution in [-0.2, 0) is 18.0 Å². The van der Waals surface area contributed by atoms with Crippen molar-refractivity contribution in [1.29, 1.82) is 0 Å². The second kappa shape index (κ2) is 12.7. The van der Waals surface area contributed by atoms with Crippen LogP contribution in [0.2, 0.25) is 25.7 Å². The summed E-state index contributed by atoms with van der Waals surface area (Å²) in [6.07, 6.45) is 3.36. The largest absolute Gasteiger partial charge is 0.360 e. The van der Waals surface area contributed by atoms with Crippen molar-refractivity contribution in [3.05, 3.63) is 104 Å². The van der Waals surface area contributed by atoms with E-state index in [0.717, 1.165) is 17.2 Å². The lowest BCUT2D eigenvalue weighted by molar-refractivity contribution is 0.0774. The minimum Gasteiger partial charge on any atom is -0.360 e. The molecule has 0 aliphatic carbocycles. The molecule has 212 valence electrons. The maximum Gasteiger partial charge on any atom is 0.214 e. The first kappa shape index (κ1) is 30.0. The van der Waals surface area contributed by atoms with Crippen LogP contribution in [0, 0.1) is 24.5 Å². The number of ether oxygens (including phenoxy) is 1. The average Bonchev–Trinajstić information content (AvgIpc) is 3.25. The molecule has 4 aromatic rings. The highest BCUT2D eigenvalue weighted by Gasteiger charge is 2.25. The van der Waals surface area contributed by atoms with Crippen LogP contribution in [-0.4, -0.2) is 34.0 Å². The number of imidazole rings is 1. The van der Waals surface area contributed by atoms with Crippen LogP contribution in [0.1, 0.15) is 29.5 Å². The maximum atomic E-state index is 13.7. The summed E-state index contributed by atoms with van der Waals surface area (Å²) in [7, 11) is -1.22. The molecule has 1 atom stereocenters. The van der Waals surface area contributed by atoms with Gasteiger partial charge < -0.3 is 9.30 Å². The van der Waals surface area contributed by atoms with Crippen molar-refractivity contribution < 1.29 is 13.5 Å². The fourth-order valence-corrected chi connectivity index (χ4v) is 5.89. The van der Waals surface area contributed by atoms with Crippen molar-refractivity contribution in [2.24, 2.45) is 5.92 Å². The van der Waals surface area contributed by atoms with Crippen LogP contribution in [0.5, 0.6) is 0 Å². The molecule has 4 rings (SSSR count). The molecule has 0 aliphatic heterocycles. The first-order valence-electron chi connectivity index (χ1n) is 13.3. The van der Waals surface area contributed by atoms with Crippen molar-refractivity contribution >= 4 is 24.0 Å². The van der Waals surface area contributed by atoms with E-state index in [0.29, 0.717) is 29.1 Å². The Morgan fingerprint density at radius 2 is 1.57 bits per heavy atom. The topological polar surface area (TPSA) is 61.9 Å². The molecular formula is C30H35BrF2N4O2Si. The normalized spacial score (nSPS) is 12.7. The minimum atomic E-state index is -1.22. The minimum absolute atomic E-state index is 0.0443. The Labute approximate surface area is 243 Å². The van der Waals surface area contributed by atoms with Gasteiger partial charge in [-0.1, -0.05) is 50.8 Å². The van der Waals surface area contributed by atoms with E-state index in [1.165, 1.54) is 24.3 Å². The quantitative estimate of drug-likeness (QED) is 0.130. The summed E-state index contributed by atoms with van der Waals surface area (Å²) in [6.45, 7) is 12.1. The van der Waals surface area contributed by atoms with Crippen molar-refractivity contribution in [3.63, 3.8) is 0 Å². The summed E-state index contributed by atoms with van der Waals surface area (Å²) in [6, 6.07) is 13.8. The average molecular weight is 630 g/mol. The van der Waals surface area contributed by atoms with Gasteiger partial charge in [-0.2, -0.15) is 5.10 Å². The predicted octanol–water partition coefficient (Wildman–Crippen LogP) is 7.24. The van der Waals surface area contributed by atoms with Gasteiger partial charge in [-0.05, 0) is 70.2 Å². The summed E-state index contributed by atoms with van der Waals surface area (Å²) < 4.78 is 37.6. The van der Waals surface area contributed by atoms with Gasteiger partial charge in [-0.25, -0.2) is 18.4 Å². The third kappa shape index (κ3) is 7.41. The van der Waals surface area contributed by atoms with Gasteiger partial charge in [0.05, 0.1) is 6.20 Å². The van der Waals surface area contributed by atoms with E-state index in [1.807, 2.05) is 4.57 Å². The summed E-state index contributed by atoms with van der Waals surface area (Å²) in [5, 5.41) is 4.60. The smallest absolute Gasteiger partial charge is 0.214 e. The number of aromatic nitrogens is 4. The van der Waals surface area contributed by atoms with Crippen molar-refractivity contribution in [3.8, 4) is 11.5 Å². The molecule has 0 unspecified atom stereocenters. The van der Waals surface area contributed by atoms with Crippen LogP contribution in [0.4, 0.5) is 8.78 Å². The molecule has 0 spiro atoms. The van der Waals surface area contributed by atoms with Gasteiger partial charge in [0.25, 0.3) is 0 Å². The lowest BCUT2D eigenvalue weighted by Crippen LogP contribution is -2.24. The molecule has 0 fully saturated rings. The van der Waals surface area contributed by atoms with E-state index in [-0.39, 0.29) is 41.3 Å². The van der Waals surface area contributed by atoms with Crippen molar-refractivity contribution in [2.75, 3.05) is 6.61 Å². The van der Waals surface area contributed by atoms with Crippen LogP contribution < -0.4 is 5.43 Å². The molecule has 6 nitrogen and oxygen atoms in total. The Balaban J connectivity index is 1.65. The number of nitrogens with zero attached hydrogens (tertiary/aromatic N) is 4. The SMILES string of the molecule is Cc1cn(COCC[Si](C)(C)C)nc(-c2ncc(Br)n2C[C@H](C)C(c2ccc(F)cc2)c2ccc(F)cc2)c1=O. The van der Waals surface area contributed by atoms with E-state index >= 15 is 0 Å². The Kier molecular flexibility index (Phi) is 9.53. The molecule has 2 aromatic carbocycles. The van der Waals surface area contributed by atoms with Crippen LogP contribution in [0.25, 0.3) is 11.5 Å². The lowest BCUT2D eigenvalue weighted by Gasteiger charge is -2.26. The highest BCUT2D eigenvalue weighted by atomic mass is 79.9. The van der Waals surface area contributed by atoms with Crippen LogP contribution >= 0.6 is 15.9 Å². The Hall–Kier alpha value is -2.95. The maximum absolute atomic E-state index is 13.7. The Morgan fingerprint density at radius 1 is 1.00 bits per heavy atom. The monoisotopic (exact) mass is 628 g/mol. The van der Waals surface area contributed by atoms with Crippen LogP contribution in [0.3, 0.4) is 0 Å². The zero-order chi connectivity index (χ0) is 29.0. The van der Waals surface area contributed by atoms with E-state index in [2.05, 4.69) is 52.6 Å². The van der Waals surface area contributed by atoms with E-state index in [4.69, 9.17) is 4.74 Å². The zero-order valence-electron chi connectivity index (χ0n) is 23.5. The molecule has 0 bridgehead atoms. The van der Waals surface area contributed by atoms with Crippen molar-refractivity contribution in [2.45, 2.75) is 58.7 Å². The lowest BCUT2D eigenvalue weighted by atomic mass is 9.81. The number of rotatable bonds is 11. The first-order chi connectivity index (χ1) is 18.9. The summed E-state index contributed by atoms with van der Waals surface area (Å²) >= 11 is 3.60. The standard InChI is InChI=1S/C30H35BrF2N4O2Si/c1-20(27(22-6-10-24(32)11-7-22)23-8-12-25(33)13-9-23)18-37-26(31)16-34-30(37)28-29(38)21(2)17-36(35-28)19-39-14-15-40(3,4)5/h6-13,16-17,20,27H,14-15,18-19H2,1-5H3/t20-/m0/s1. The number of halogens is 3. The summed E-state index contributed by atoms with van der Waals surface area (Å²) in [5.41, 5.74) is 2.41. The molecule has 2 aromatic heterocycles. The van der Waals surface area contributed by atoms with E-state index in [9.17, 15) is 13.6 Å². The third-order valence-corrected chi connectivity index (χ3v) is 9.22. The van der Waals surface area contributed by atoms with Crippen LogP contribution in [0.15, 0.2) is 70.3 Å². The van der Waals surface area contributed by atoms with Gasteiger partial charge in [0.2, 0.25) is 5.43 Å². The number of hydrogen-bond acceptors (Lipinski definition) is 4. The Bertz CT molecular complexity index is 1450. The molecule has 0 saturated heterocycles. The fraction of sp³-hybridized carbons (Fsp3) is 0.367. The molecular weight excluding hydrogens is 594 g/mol. The number of aryl methyl sites for hydroxylation is 1. The zero-order valence-corrected chi connectivity index (χ0v) is 26.1. The predicted molar refractivity (Wildman–Crippen MR) is 160 cm³/mol. The van der Waals surface area contributed by atoms with Crippen molar-refractivity contribution in [1.82, 2.24) is 19.3 Å². The molecule has 0 radical (unpaired) electrons. The van der Waals surface area contributed by atoms with Gasteiger partial charge in [0, 0.05) is 38.9 Å². The van der Waals surface area contributed by atoms with Gasteiger partial charge in [-0.15, -0.1) is 0 Å². The second-order valence-corrected chi connectivity index (χ2v) is 17.9. The summed E-state index contributed by atoms with van der Waals surface area (Å²) in [4.78, 5) is 17.8. The first-order valence-corrected chi connectivity index (χ1v) is 17.8. The fourth-order valence-electron chi connectivity index (χ4n) is 4.72. The highest BCUT2D eigenvalue weighted by molar-refractivity contribution is 9.10. The molecule has 40 heavy (non-hydrogen) atoms. The molecule has 0 saturated carbocycles. The second-order valence-electron chi connectivity index (χ2n) is 11.5. The van der Waals surface area contributed by atoms with E-state index < -0.39 is 8.07 Å². The Morgan fingerprint density at radius 3 is 2.12 bits per heavy atom. The molecule has 10 heteroatoms. The van der Waals surface area contributed by atoms with Gasteiger partial charge in [0.15, 0.2) is 11.5 Å². The molecule has 2 heterocycles. The number of benzene rings is 2. The van der Waals surface area contributed by atoms with E-state index in [1.54, 1.807) is 48.3 Å². The van der Waals surface area contributed by atoms with Gasteiger partial charge in [0.1, 0.15) is 23.0 Å². The third-order valence-electron chi connectivity index (χ3n) is 6.88. The number of hydrogen-bond donors (Lipinski definition) is 0. The molecule has 0 N–H and O–H groups in total. The molecule has 0 aliphatic rings. The summed E-state index contributed by atoms with van der Waals surface area (Å²) in [5.74, 6) is -0.400. The van der Waals surface area contributed by atoms with Gasteiger partial charge >= 0.3 is 0 Å². The highest BCUT2D eigenvalue weighted by Crippen LogP contribution is 2.35. The molecule has 0 amide bonds.